The lowest BCUT2D eigenvalue weighted by Gasteiger charge is -2.46. The van der Waals surface area contributed by atoms with Crippen LogP contribution < -0.4 is 0 Å². The van der Waals surface area contributed by atoms with Crippen LogP contribution in [0.3, 0.4) is 0 Å². The third-order valence-electron chi connectivity index (χ3n) is 8.19. The number of methoxy groups -OCH3 is 1. The van der Waals surface area contributed by atoms with E-state index in [2.05, 4.69) is 30.6 Å². The van der Waals surface area contributed by atoms with E-state index in [0.717, 1.165) is 12.1 Å². The lowest BCUT2D eigenvalue weighted by atomic mass is 9.89. The van der Waals surface area contributed by atoms with Gasteiger partial charge in [0.1, 0.15) is 41.3 Å². The third-order valence-corrected chi connectivity index (χ3v) is 9.60. The highest BCUT2D eigenvalue weighted by molar-refractivity contribution is 8.00. The first kappa shape index (κ1) is 33.0. The molecular weight excluding hydrogens is 645 g/mol. The van der Waals surface area contributed by atoms with Crippen LogP contribution in [0.5, 0.6) is 0 Å². The minimum absolute atomic E-state index is 0.00665. The summed E-state index contributed by atoms with van der Waals surface area (Å²) in [5, 5.41) is 27.7. The van der Waals surface area contributed by atoms with Gasteiger partial charge in [0.2, 0.25) is 0 Å². The summed E-state index contributed by atoms with van der Waals surface area (Å²) < 4.78 is 68.2. The van der Waals surface area contributed by atoms with Crippen molar-refractivity contribution in [2.45, 2.75) is 54.9 Å². The summed E-state index contributed by atoms with van der Waals surface area (Å²) in [4.78, 5) is 20.0. The summed E-state index contributed by atoms with van der Waals surface area (Å²) in [6.45, 7) is 3.44. The zero-order chi connectivity index (χ0) is 33.2. The predicted molar refractivity (Wildman–Crippen MR) is 158 cm³/mol. The van der Waals surface area contributed by atoms with E-state index in [4.69, 9.17) is 18.9 Å². The fourth-order valence-electron chi connectivity index (χ4n) is 5.72. The van der Waals surface area contributed by atoms with Crippen molar-refractivity contribution < 1.29 is 42.0 Å². The molecule has 3 aromatic heterocycles. The Morgan fingerprint density at radius 1 is 1.06 bits per heavy atom. The van der Waals surface area contributed by atoms with E-state index >= 15 is 0 Å². The zero-order valence-electron chi connectivity index (χ0n) is 25.4. The quantitative estimate of drug-likeness (QED) is 0.204. The van der Waals surface area contributed by atoms with Crippen LogP contribution in [0.2, 0.25) is 0 Å². The highest BCUT2D eigenvalue weighted by atomic mass is 32.2. The van der Waals surface area contributed by atoms with Crippen LogP contribution in [0.1, 0.15) is 25.9 Å². The molecule has 1 N–H and O–H groups in total. The zero-order valence-corrected chi connectivity index (χ0v) is 26.2. The largest absolute Gasteiger partial charge is 0.463 e. The summed E-state index contributed by atoms with van der Waals surface area (Å²) in [5.74, 6) is -5.17. The maximum Gasteiger partial charge on any atom is 0.302 e. The number of aliphatic hydroxyl groups excluding tert-OH is 1. The summed E-state index contributed by atoms with van der Waals surface area (Å²) in [6, 6.07) is 0.514. The average Bonchev–Trinajstić information content (AvgIpc) is 3.75. The highest BCUT2D eigenvalue weighted by Crippen LogP contribution is 2.43. The van der Waals surface area contributed by atoms with E-state index < -0.39 is 64.5 Å². The van der Waals surface area contributed by atoms with Crippen molar-refractivity contribution >= 4 is 17.7 Å². The van der Waals surface area contributed by atoms with E-state index in [1.807, 2.05) is 6.92 Å². The van der Waals surface area contributed by atoms with Gasteiger partial charge in [-0.2, -0.15) is 0 Å². The molecule has 1 aromatic carbocycles. The molecule has 0 saturated carbocycles. The Kier molecular flexibility index (Phi) is 9.83. The molecule has 0 aliphatic carbocycles. The van der Waals surface area contributed by atoms with Crippen molar-refractivity contribution in [2.24, 2.45) is 5.92 Å². The number of hydrogen-bond acceptors (Lipinski definition) is 13. The predicted octanol–water partition coefficient (Wildman–Crippen LogP) is 2.63. The second kappa shape index (κ2) is 14.0. The Morgan fingerprint density at radius 2 is 1.79 bits per heavy atom. The summed E-state index contributed by atoms with van der Waals surface area (Å²) >= 11 is 1.28. The van der Waals surface area contributed by atoms with Crippen LogP contribution in [0.15, 0.2) is 43.1 Å². The van der Waals surface area contributed by atoms with Crippen molar-refractivity contribution in [2.75, 3.05) is 26.9 Å². The molecule has 2 aliphatic rings. The number of benzene rings is 1. The average molecular weight is 677 g/mol. The third kappa shape index (κ3) is 6.87. The number of rotatable bonds is 9. The fourth-order valence-corrected chi connectivity index (χ4v) is 7.21. The number of aromatic nitrogens is 8. The van der Waals surface area contributed by atoms with Crippen molar-refractivity contribution in [3.8, 4) is 22.6 Å². The number of carbonyl (C=O) groups excluding carboxylic acids is 1. The first-order valence-corrected chi connectivity index (χ1v) is 15.6. The molecule has 0 spiro atoms. The van der Waals surface area contributed by atoms with E-state index in [9.17, 15) is 23.1 Å². The Hall–Kier alpha value is -3.97. The Balaban J connectivity index is 1.25. The molecule has 0 radical (unpaired) electrons. The van der Waals surface area contributed by atoms with Crippen molar-refractivity contribution in [1.29, 1.82) is 0 Å². The van der Waals surface area contributed by atoms with Crippen LogP contribution in [0, 0.1) is 23.4 Å². The number of hydrogen-bond donors (Lipinski definition) is 1. The lowest BCUT2D eigenvalue weighted by Crippen LogP contribution is -2.54. The molecule has 2 fully saturated rings. The minimum atomic E-state index is -1.59. The van der Waals surface area contributed by atoms with Gasteiger partial charge in [-0.1, -0.05) is 17.4 Å². The van der Waals surface area contributed by atoms with Gasteiger partial charge in [-0.25, -0.2) is 22.5 Å². The minimum Gasteiger partial charge on any atom is -0.463 e. The van der Waals surface area contributed by atoms with Crippen molar-refractivity contribution in [3.63, 3.8) is 0 Å². The molecule has 5 heterocycles. The number of ether oxygens (including phenoxy) is 4. The van der Waals surface area contributed by atoms with Gasteiger partial charge in [0, 0.05) is 37.9 Å². The van der Waals surface area contributed by atoms with Crippen LogP contribution in [-0.2, 0) is 23.7 Å². The number of carbonyl (C=O) groups is 1. The van der Waals surface area contributed by atoms with E-state index in [0.29, 0.717) is 11.4 Å². The second-order valence-corrected chi connectivity index (χ2v) is 12.5. The Labute approximate surface area is 270 Å². The van der Waals surface area contributed by atoms with Crippen LogP contribution >= 0.6 is 11.8 Å². The standard InChI is InChI=1S/C29H31F3N8O6S/c1-14-23(12-45-15(2)41)46-29(28(43-3)26(14)40-9-20(35-38-40)16-6-17(30)25(32)18(31)7-16)47-24-13-44-11-22(27(24)42)39-10-21(36-37-39)19-8-33-4-5-34-19/h4-10,14,22-24,26-29,42H,11-13H2,1-3H3. The number of nitrogens with zero attached hydrogens (tertiary/aromatic N) is 8. The Bertz CT molecular complexity index is 1680. The van der Waals surface area contributed by atoms with Crippen molar-refractivity contribution in [3.05, 3.63) is 60.6 Å². The van der Waals surface area contributed by atoms with E-state index in [1.165, 1.54) is 41.4 Å². The maximum absolute atomic E-state index is 14.0. The maximum atomic E-state index is 14.0. The topological polar surface area (TPSA) is 161 Å². The number of halogens is 3. The first-order chi connectivity index (χ1) is 22.6. The van der Waals surface area contributed by atoms with E-state index in [-0.39, 0.29) is 37.0 Å². The monoisotopic (exact) mass is 676 g/mol. The first-order valence-electron chi connectivity index (χ1n) is 14.6. The molecule has 47 heavy (non-hydrogen) atoms. The number of aliphatic hydroxyl groups is 1. The number of esters is 1. The molecule has 4 aromatic rings. The molecule has 0 amide bonds. The molecule has 2 aliphatic heterocycles. The normalized spacial score (nSPS) is 27.9. The summed E-state index contributed by atoms with van der Waals surface area (Å²) in [5.41, 5.74) is 0.374. The molecule has 8 unspecified atom stereocenters. The second-order valence-electron chi connectivity index (χ2n) is 11.2. The molecule has 250 valence electrons. The fraction of sp³-hybridized carbons (Fsp3) is 0.483. The van der Waals surface area contributed by atoms with E-state index in [1.54, 1.807) is 24.8 Å². The smallest absolute Gasteiger partial charge is 0.302 e. The SMILES string of the molecule is COC1C(SC2COCC(n3cc(-c4cnccn4)nn3)C2O)OC(COC(C)=O)C(C)C1n1cc(-c2cc(F)c(F)c(F)c2)nn1. The summed E-state index contributed by atoms with van der Waals surface area (Å²) in [7, 11) is 1.50. The van der Waals surface area contributed by atoms with Crippen LogP contribution in [0.25, 0.3) is 22.6 Å². The molecule has 18 heteroatoms. The van der Waals surface area contributed by atoms with Crippen LogP contribution in [0.4, 0.5) is 13.2 Å². The van der Waals surface area contributed by atoms with Gasteiger partial charge in [-0.15, -0.1) is 22.0 Å². The molecule has 0 bridgehead atoms. The van der Waals surface area contributed by atoms with Crippen molar-refractivity contribution in [1.82, 2.24) is 40.0 Å². The van der Waals surface area contributed by atoms with Crippen LogP contribution in [-0.4, -0.2) is 107 Å². The molecule has 8 atom stereocenters. The van der Waals surface area contributed by atoms with Gasteiger partial charge in [0.05, 0.1) is 55.3 Å². The summed E-state index contributed by atoms with van der Waals surface area (Å²) in [6.07, 6.45) is 5.52. The van der Waals surface area contributed by atoms with Gasteiger partial charge in [0.15, 0.2) is 17.5 Å². The molecule has 14 nitrogen and oxygen atoms in total. The molecule has 2 saturated heterocycles. The van der Waals surface area contributed by atoms with Gasteiger partial charge < -0.3 is 24.1 Å². The number of thioether (sulfide) groups is 1. The highest BCUT2D eigenvalue weighted by Gasteiger charge is 2.49. The van der Waals surface area contributed by atoms with Gasteiger partial charge in [0.25, 0.3) is 0 Å². The molecular formula is C29H31F3N8O6S. The van der Waals surface area contributed by atoms with Gasteiger partial charge in [-0.05, 0) is 12.1 Å². The Morgan fingerprint density at radius 3 is 2.49 bits per heavy atom. The van der Waals surface area contributed by atoms with Gasteiger partial charge >= 0.3 is 5.97 Å². The lowest BCUT2D eigenvalue weighted by molar-refractivity contribution is -0.172. The molecule has 6 rings (SSSR count). The van der Waals surface area contributed by atoms with Gasteiger partial charge in [-0.3, -0.25) is 14.8 Å².